The summed E-state index contributed by atoms with van der Waals surface area (Å²) in [6, 6.07) is 6.26. The summed E-state index contributed by atoms with van der Waals surface area (Å²) in [4.78, 5) is 15.2. The molecule has 0 N–H and O–H groups in total. The fraction of sp³-hybridized carbons (Fsp3) is 0.200. The molecule has 0 aromatic heterocycles. The van der Waals surface area contributed by atoms with Crippen LogP contribution in [0.5, 0.6) is 0 Å². The second-order valence-electron chi connectivity index (χ2n) is 2.91. The summed E-state index contributed by atoms with van der Waals surface area (Å²) in [5.74, 6) is -0.690. The number of oxime groups is 1. The number of halogens is 4. The predicted octanol–water partition coefficient (Wildman–Crippen LogP) is 3.90. The van der Waals surface area contributed by atoms with E-state index in [9.17, 15) is 4.79 Å². The Morgan fingerprint density at radius 3 is 2.65 bits per heavy atom. The number of rotatable bonds is 4. The van der Waals surface area contributed by atoms with Gasteiger partial charge in [-0.05, 0) is 18.2 Å². The van der Waals surface area contributed by atoms with Crippen molar-refractivity contribution in [1.29, 1.82) is 0 Å². The summed E-state index contributed by atoms with van der Waals surface area (Å²) < 4.78 is 0. The monoisotopic (exact) mass is 313 g/mol. The third kappa shape index (κ3) is 4.72. The van der Waals surface area contributed by atoms with E-state index in [0.29, 0.717) is 5.02 Å². The molecule has 0 saturated heterocycles. The van der Waals surface area contributed by atoms with Crippen molar-refractivity contribution < 1.29 is 9.63 Å². The number of carbonyl (C=O) groups excluding carboxylic acids is 1. The average molecular weight is 315 g/mol. The highest BCUT2D eigenvalue weighted by molar-refractivity contribution is 6.56. The van der Waals surface area contributed by atoms with Crippen LogP contribution in [0.2, 0.25) is 5.02 Å². The maximum Gasteiger partial charge on any atom is 0.365 e. The van der Waals surface area contributed by atoms with E-state index in [0.717, 1.165) is 0 Å². The van der Waals surface area contributed by atoms with Gasteiger partial charge in [0.1, 0.15) is 10.5 Å². The van der Waals surface area contributed by atoms with Gasteiger partial charge >= 0.3 is 5.97 Å². The minimum Gasteiger partial charge on any atom is -0.313 e. The van der Waals surface area contributed by atoms with Crippen molar-refractivity contribution in [2.75, 3.05) is 5.88 Å². The van der Waals surface area contributed by atoms with Crippen LogP contribution in [-0.4, -0.2) is 22.4 Å². The molecule has 0 spiro atoms. The van der Waals surface area contributed by atoms with Gasteiger partial charge in [0.25, 0.3) is 0 Å². The normalized spacial score (nSPS) is 11.7. The van der Waals surface area contributed by atoms with Crippen molar-refractivity contribution in [1.82, 2.24) is 0 Å². The number of benzene rings is 1. The fourth-order valence-electron chi connectivity index (χ4n) is 0.891. The topological polar surface area (TPSA) is 38.7 Å². The molecule has 0 aliphatic heterocycles. The van der Waals surface area contributed by atoms with Gasteiger partial charge in [-0.1, -0.05) is 46.0 Å². The van der Waals surface area contributed by atoms with Gasteiger partial charge in [-0.3, -0.25) is 0 Å². The Balaban J connectivity index is 2.73. The molecule has 0 saturated carbocycles. The highest BCUT2D eigenvalue weighted by atomic mass is 35.5. The molecule has 0 radical (unpaired) electrons. The van der Waals surface area contributed by atoms with Gasteiger partial charge in [0, 0.05) is 5.02 Å². The van der Waals surface area contributed by atoms with E-state index < -0.39 is 10.8 Å². The second-order valence-corrected chi connectivity index (χ2v) is 4.71. The van der Waals surface area contributed by atoms with Crippen LogP contribution in [0.3, 0.4) is 0 Å². The molecule has 0 amide bonds. The van der Waals surface area contributed by atoms with Gasteiger partial charge in [0.2, 0.25) is 0 Å². The number of carbonyl (C=O) groups is 1. The molecule has 0 aliphatic rings. The van der Waals surface area contributed by atoms with Crippen molar-refractivity contribution in [3.63, 3.8) is 0 Å². The van der Waals surface area contributed by atoms with Gasteiger partial charge in [-0.2, -0.15) is 0 Å². The molecule has 0 atom stereocenters. The van der Waals surface area contributed by atoms with Crippen molar-refractivity contribution in [3.05, 3.63) is 34.9 Å². The summed E-state index contributed by atoms with van der Waals surface area (Å²) in [6.45, 7) is 0. The summed E-state index contributed by atoms with van der Waals surface area (Å²) >= 11 is 22.3. The number of hydrogen-bond acceptors (Lipinski definition) is 3. The van der Waals surface area contributed by atoms with Crippen LogP contribution >= 0.6 is 46.4 Å². The summed E-state index contributed by atoms with van der Waals surface area (Å²) in [6.07, 6.45) is 0. The Morgan fingerprint density at radius 2 is 2.12 bits per heavy atom. The van der Waals surface area contributed by atoms with Crippen LogP contribution in [0.4, 0.5) is 0 Å². The van der Waals surface area contributed by atoms with E-state index in [4.69, 9.17) is 46.4 Å². The Bertz CT molecular complexity index is 434. The summed E-state index contributed by atoms with van der Waals surface area (Å²) in [5.41, 5.74) is 0.432. The first-order chi connectivity index (χ1) is 8.04. The molecule has 7 heteroatoms. The molecule has 3 nitrogen and oxygen atoms in total. The third-order valence-corrected chi connectivity index (χ3v) is 2.71. The van der Waals surface area contributed by atoms with Crippen LogP contribution in [0.25, 0.3) is 0 Å². The number of hydrogen-bond donors (Lipinski definition) is 0. The van der Waals surface area contributed by atoms with E-state index in [1.165, 1.54) is 6.07 Å². The Labute approximate surface area is 118 Å². The molecule has 1 aromatic rings. The molecule has 17 heavy (non-hydrogen) atoms. The molecule has 92 valence electrons. The minimum atomic E-state index is -0.917. The lowest BCUT2D eigenvalue weighted by Crippen LogP contribution is -2.12. The molecule has 0 unspecified atom stereocenters. The standard InChI is InChI=1S/C10H7Cl4NO2/c11-5-8(9(13)14)15-17-10(16)6-2-1-3-7(12)4-6/h1-4,9H,5H2/b15-8+. The lowest BCUT2D eigenvalue weighted by molar-refractivity contribution is 0.0516. The molecular formula is C10H7Cl4NO2. The largest absolute Gasteiger partial charge is 0.365 e. The lowest BCUT2D eigenvalue weighted by Gasteiger charge is -2.02. The van der Waals surface area contributed by atoms with Crippen molar-refractivity contribution >= 4 is 58.1 Å². The highest BCUT2D eigenvalue weighted by Crippen LogP contribution is 2.12. The molecular weight excluding hydrogens is 308 g/mol. The van der Waals surface area contributed by atoms with Gasteiger partial charge in [-0.15, -0.1) is 11.6 Å². The van der Waals surface area contributed by atoms with Crippen LogP contribution in [0.1, 0.15) is 10.4 Å². The van der Waals surface area contributed by atoms with E-state index in [2.05, 4.69) is 9.99 Å². The predicted molar refractivity (Wildman–Crippen MR) is 70.5 cm³/mol. The van der Waals surface area contributed by atoms with Crippen molar-refractivity contribution in [2.45, 2.75) is 4.84 Å². The quantitative estimate of drug-likeness (QED) is 0.366. The fourth-order valence-corrected chi connectivity index (χ4v) is 1.68. The highest BCUT2D eigenvalue weighted by Gasteiger charge is 2.12. The summed E-state index contributed by atoms with van der Waals surface area (Å²) in [7, 11) is 0. The molecule has 1 aromatic carbocycles. The van der Waals surface area contributed by atoms with Gasteiger partial charge in [0.15, 0.2) is 0 Å². The zero-order chi connectivity index (χ0) is 12.8. The first kappa shape index (κ1) is 14.6. The molecule has 1 rings (SSSR count). The van der Waals surface area contributed by atoms with Crippen LogP contribution in [0, 0.1) is 0 Å². The van der Waals surface area contributed by atoms with Crippen molar-refractivity contribution in [2.24, 2.45) is 5.16 Å². The first-order valence-corrected chi connectivity index (χ1v) is 6.21. The maximum absolute atomic E-state index is 11.5. The summed E-state index contributed by atoms with van der Waals surface area (Å²) in [5, 5.41) is 3.90. The molecule has 0 bridgehead atoms. The second kappa shape index (κ2) is 7.07. The number of nitrogens with zero attached hydrogens (tertiary/aromatic N) is 1. The van der Waals surface area contributed by atoms with Gasteiger partial charge in [0.05, 0.1) is 11.4 Å². The van der Waals surface area contributed by atoms with E-state index in [-0.39, 0.29) is 17.2 Å². The molecule has 0 fully saturated rings. The van der Waals surface area contributed by atoms with E-state index in [1.807, 2.05) is 0 Å². The third-order valence-electron chi connectivity index (χ3n) is 1.69. The van der Waals surface area contributed by atoms with Gasteiger partial charge < -0.3 is 4.84 Å². The molecule has 0 aliphatic carbocycles. The van der Waals surface area contributed by atoms with Gasteiger partial charge in [-0.25, -0.2) is 4.79 Å². The zero-order valence-corrected chi connectivity index (χ0v) is 11.4. The zero-order valence-electron chi connectivity index (χ0n) is 8.37. The van der Waals surface area contributed by atoms with Crippen LogP contribution < -0.4 is 0 Å². The Morgan fingerprint density at radius 1 is 1.41 bits per heavy atom. The van der Waals surface area contributed by atoms with E-state index in [1.54, 1.807) is 18.2 Å². The number of alkyl halides is 3. The first-order valence-electron chi connectivity index (χ1n) is 4.42. The Kier molecular flexibility index (Phi) is 6.06. The lowest BCUT2D eigenvalue weighted by atomic mass is 10.2. The molecule has 0 heterocycles. The average Bonchev–Trinajstić information content (AvgIpc) is 2.29. The van der Waals surface area contributed by atoms with E-state index >= 15 is 0 Å². The van der Waals surface area contributed by atoms with Crippen molar-refractivity contribution in [3.8, 4) is 0 Å². The van der Waals surface area contributed by atoms with Crippen LogP contribution in [0.15, 0.2) is 29.4 Å². The maximum atomic E-state index is 11.5. The minimum absolute atomic E-state index is 0.0273. The SMILES string of the molecule is O=C(O/N=C(\CCl)C(Cl)Cl)c1cccc(Cl)c1. The Hall–Kier alpha value is -0.480. The van der Waals surface area contributed by atoms with Crippen LogP contribution in [-0.2, 0) is 4.84 Å². The smallest absolute Gasteiger partial charge is 0.313 e.